The SMILES string of the molecule is O=C([O-])CS(=O)(=O)CC[n+]1c(/C=C2/C=C3C=C(/C=C4\Sc5cc(-c6cccs6)ccc5N4CCS(=O)(=O)CC(=O)O)CCC3CC2)sc2cc(Sc3ccccc3)ccc21. The number of carbonyl (C=O) groups excluding carboxylic acids is 1. The summed E-state index contributed by atoms with van der Waals surface area (Å²) in [5.74, 6) is -5.17. The quantitative estimate of drug-likeness (QED) is 0.103. The zero-order valence-corrected chi connectivity index (χ0v) is 37.1. The number of allylic oxidation sites excluding steroid dienone is 6. The van der Waals surface area contributed by atoms with Crippen molar-refractivity contribution in [2.24, 2.45) is 5.92 Å². The van der Waals surface area contributed by atoms with Crippen LogP contribution in [0.15, 0.2) is 139 Å². The molecular formula is C44H40N2O8S6. The van der Waals surface area contributed by atoms with Crippen molar-refractivity contribution < 1.29 is 41.2 Å². The zero-order chi connectivity index (χ0) is 42.0. The van der Waals surface area contributed by atoms with Crippen molar-refractivity contribution in [3.05, 3.63) is 129 Å². The number of aryl methyl sites for hydroxylation is 1. The van der Waals surface area contributed by atoms with Crippen molar-refractivity contribution in [2.75, 3.05) is 34.5 Å². The fourth-order valence-corrected chi connectivity index (χ4v) is 13.7. The van der Waals surface area contributed by atoms with Crippen molar-refractivity contribution in [1.29, 1.82) is 0 Å². The van der Waals surface area contributed by atoms with Crippen LogP contribution < -0.4 is 14.6 Å². The number of carbonyl (C=O) groups is 2. The summed E-state index contributed by atoms with van der Waals surface area (Å²) in [6, 6.07) is 26.4. The summed E-state index contributed by atoms with van der Waals surface area (Å²) in [6.45, 7) is 0.223. The number of hydrogen-bond acceptors (Lipinski definition) is 12. The number of hydrogen-bond donors (Lipinski definition) is 1. The van der Waals surface area contributed by atoms with Gasteiger partial charge < -0.3 is 19.9 Å². The Labute approximate surface area is 365 Å². The van der Waals surface area contributed by atoms with Gasteiger partial charge in [0.2, 0.25) is 5.52 Å². The summed E-state index contributed by atoms with van der Waals surface area (Å²) in [5.41, 5.74) is 6.27. The van der Waals surface area contributed by atoms with Crippen LogP contribution in [0.3, 0.4) is 0 Å². The van der Waals surface area contributed by atoms with Crippen LogP contribution >= 0.6 is 46.2 Å². The summed E-state index contributed by atoms with van der Waals surface area (Å²) in [4.78, 5) is 28.8. The molecule has 2 aliphatic carbocycles. The van der Waals surface area contributed by atoms with Gasteiger partial charge in [0.25, 0.3) is 5.01 Å². The Balaban J connectivity index is 1.10. The topological polar surface area (TPSA) is 153 Å². The van der Waals surface area contributed by atoms with Gasteiger partial charge in [-0.2, -0.15) is 4.57 Å². The molecule has 3 aliphatic rings. The molecule has 0 spiro atoms. The van der Waals surface area contributed by atoms with E-state index in [1.807, 2.05) is 75.5 Å². The van der Waals surface area contributed by atoms with Gasteiger partial charge in [0.05, 0.1) is 28.2 Å². The number of rotatable bonds is 15. The van der Waals surface area contributed by atoms with Crippen molar-refractivity contribution in [1.82, 2.24) is 0 Å². The van der Waals surface area contributed by atoms with Gasteiger partial charge in [0, 0.05) is 38.3 Å². The number of thiophene rings is 1. The second-order valence-electron chi connectivity index (χ2n) is 14.8. The van der Waals surface area contributed by atoms with E-state index >= 15 is 0 Å². The molecule has 60 heavy (non-hydrogen) atoms. The van der Waals surface area contributed by atoms with E-state index in [-0.39, 0.29) is 24.6 Å². The molecule has 10 nitrogen and oxygen atoms in total. The first-order valence-electron chi connectivity index (χ1n) is 19.3. The fourth-order valence-electron chi connectivity index (χ4n) is 7.68. The van der Waals surface area contributed by atoms with Crippen LogP contribution in [0.2, 0.25) is 0 Å². The highest BCUT2D eigenvalue weighted by molar-refractivity contribution is 8.03. The highest BCUT2D eigenvalue weighted by Crippen LogP contribution is 2.49. The number of thioether (sulfide) groups is 1. The maximum Gasteiger partial charge on any atom is 0.318 e. The molecular weight excluding hydrogens is 877 g/mol. The first-order valence-corrected chi connectivity index (χ1v) is 26.2. The number of carboxylic acids is 2. The first-order chi connectivity index (χ1) is 28.8. The first kappa shape index (κ1) is 42.2. The molecule has 8 rings (SSSR count). The highest BCUT2D eigenvalue weighted by atomic mass is 32.2. The van der Waals surface area contributed by atoms with Gasteiger partial charge in [-0.25, -0.2) is 16.8 Å². The molecule has 310 valence electrons. The molecule has 3 aromatic carbocycles. The molecule has 1 aliphatic heterocycles. The Bertz CT molecular complexity index is 2820. The molecule has 0 fully saturated rings. The predicted octanol–water partition coefficient (Wildman–Crippen LogP) is 7.63. The molecule has 0 amide bonds. The average Bonchev–Trinajstić information content (AvgIpc) is 3.93. The summed E-state index contributed by atoms with van der Waals surface area (Å²) >= 11 is 6.46. The molecule has 1 unspecified atom stereocenters. The lowest BCUT2D eigenvalue weighted by Gasteiger charge is -2.28. The Morgan fingerprint density at radius 1 is 0.883 bits per heavy atom. The summed E-state index contributed by atoms with van der Waals surface area (Å²) < 4.78 is 53.7. The van der Waals surface area contributed by atoms with E-state index in [1.54, 1.807) is 46.2 Å². The van der Waals surface area contributed by atoms with Gasteiger partial charge in [-0.05, 0) is 108 Å². The van der Waals surface area contributed by atoms with E-state index < -0.39 is 43.1 Å². The zero-order valence-electron chi connectivity index (χ0n) is 32.2. The number of fused-ring (bicyclic) bond motifs is 3. The van der Waals surface area contributed by atoms with E-state index in [2.05, 4.69) is 42.5 Å². The van der Waals surface area contributed by atoms with Gasteiger partial charge in [0.15, 0.2) is 26.2 Å². The molecule has 2 aromatic heterocycles. The number of nitrogens with zero attached hydrogens (tertiary/aromatic N) is 2. The normalized spacial score (nSPS) is 18.1. The third kappa shape index (κ3) is 10.2. The monoisotopic (exact) mass is 916 g/mol. The predicted molar refractivity (Wildman–Crippen MR) is 240 cm³/mol. The third-order valence-electron chi connectivity index (χ3n) is 10.5. The maximum absolute atomic E-state index is 12.7. The number of benzene rings is 3. The molecule has 0 saturated carbocycles. The van der Waals surface area contributed by atoms with Crippen molar-refractivity contribution in [2.45, 2.75) is 46.9 Å². The molecule has 0 saturated heterocycles. The molecule has 16 heteroatoms. The number of aliphatic carboxylic acids is 2. The van der Waals surface area contributed by atoms with Gasteiger partial charge in [-0.1, -0.05) is 77.3 Å². The Morgan fingerprint density at radius 2 is 1.68 bits per heavy atom. The van der Waals surface area contributed by atoms with Crippen LogP contribution in [-0.4, -0.2) is 63.4 Å². The largest absolute Gasteiger partial charge is 0.549 e. The summed E-state index contributed by atoms with van der Waals surface area (Å²) in [6.07, 6.45) is 12.3. The van der Waals surface area contributed by atoms with Crippen LogP contribution in [0.4, 0.5) is 5.69 Å². The number of sulfone groups is 2. The minimum atomic E-state index is -3.89. The Morgan fingerprint density at radius 3 is 2.45 bits per heavy atom. The molecule has 0 radical (unpaired) electrons. The Hall–Kier alpha value is -4.45. The van der Waals surface area contributed by atoms with Crippen LogP contribution in [0, 0.1) is 5.92 Å². The summed E-state index contributed by atoms with van der Waals surface area (Å²) in [5, 5.41) is 24.2. The van der Waals surface area contributed by atoms with Crippen LogP contribution in [0.5, 0.6) is 0 Å². The molecule has 5 aromatic rings. The number of anilines is 1. The minimum absolute atomic E-state index is 0.0969. The van der Waals surface area contributed by atoms with E-state index in [4.69, 9.17) is 0 Å². The van der Waals surface area contributed by atoms with E-state index in [1.165, 1.54) is 5.57 Å². The van der Waals surface area contributed by atoms with Crippen LogP contribution in [-0.2, 0) is 35.8 Å². The van der Waals surface area contributed by atoms with Crippen molar-refractivity contribution >= 4 is 99.8 Å². The third-order valence-corrected chi connectivity index (χ3v) is 17.6. The van der Waals surface area contributed by atoms with Gasteiger partial charge in [-0.15, -0.1) is 11.3 Å². The number of thiazole rings is 1. The molecule has 0 bridgehead atoms. The summed E-state index contributed by atoms with van der Waals surface area (Å²) in [7, 11) is -7.72. The lowest BCUT2D eigenvalue weighted by molar-refractivity contribution is -0.664. The second-order valence-corrected chi connectivity index (χ2v) is 23.4. The minimum Gasteiger partial charge on any atom is -0.549 e. The smallest absolute Gasteiger partial charge is 0.318 e. The molecule has 1 N–H and O–H groups in total. The van der Waals surface area contributed by atoms with Crippen LogP contribution in [0.1, 0.15) is 30.7 Å². The van der Waals surface area contributed by atoms with E-state index in [0.717, 1.165) is 87.9 Å². The second kappa shape index (κ2) is 17.9. The lowest BCUT2D eigenvalue weighted by Crippen LogP contribution is -2.40. The van der Waals surface area contributed by atoms with E-state index in [9.17, 15) is 36.6 Å². The lowest BCUT2D eigenvalue weighted by atomic mass is 9.77. The molecule has 1 atom stereocenters. The van der Waals surface area contributed by atoms with Crippen molar-refractivity contribution in [3.63, 3.8) is 0 Å². The molecule has 3 heterocycles. The van der Waals surface area contributed by atoms with Gasteiger partial charge in [0.1, 0.15) is 16.2 Å². The fraction of sp³-hybridized carbons (Fsp3) is 0.250. The number of carboxylic acid groups (broad SMARTS) is 2. The number of aromatic nitrogens is 1. The standard InChI is InChI=1S/C44H40N2O8S6/c47-43(48)27-59(51,52)19-16-45-36-14-12-32(38-7-4-18-55-38)25-39(36)57-41(45)23-29-8-10-31-11-9-30(22-33(31)21-29)24-42-46(17-20-60(53,54)28-44(49)50)37-15-13-35(26-40(37)58-42)56-34-5-2-1-3-6-34/h1-7,12-15,18,21-26,31H,8-11,16-17,19-20,27-28H2,(H-,47,48,49,50). The van der Waals surface area contributed by atoms with Gasteiger partial charge in [-0.3, -0.25) is 4.79 Å². The Kier molecular flexibility index (Phi) is 12.6. The highest BCUT2D eigenvalue weighted by Gasteiger charge is 2.30. The average molecular weight is 917 g/mol. The van der Waals surface area contributed by atoms with Gasteiger partial charge >= 0.3 is 5.97 Å². The van der Waals surface area contributed by atoms with E-state index in [0.29, 0.717) is 5.92 Å². The van der Waals surface area contributed by atoms with Crippen LogP contribution in [0.25, 0.3) is 26.7 Å². The maximum atomic E-state index is 12.7. The van der Waals surface area contributed by atoms with Crippen molar-refractivity contribution in [3.8, 4) is 10.4 Å².